The lowest BCUT2D eigenvalue weighted by molar-refractivity contribution is 0.0927. The van der Waals surface area contributed by atoms with E-state index in [0.717, 1.165) is 17.1 Å². The van der Waals surface area contributed by atoms with E-state index in [9.17, 15) is 9.59 Å². The summed E-state index contributed by atoms with van der Waals surface area (Å²) in [5.41, 5.74) is 1.77. The fourth-order valence-electron chi connectivity index (χ4n) is 2.07. The standard InChI is InChI=1S/C15H14N6O2S2/c1-9-12(24-20-18-9)15(23)17-8-7-16-14(22)11-13(25-21-19-11)10-5-3-2-4-6-10/h2-6H,7-8H2,1H3,(H,16,22)(H,17,23). The number of hydrogen-bond donors (Lipinski definition) is 2. The molecular formula is C15H14N6O2S2. The first-order valence-electron chi connectivity index (χ1n) is 7.40. The number of carbonyl (C=O) groups is 2. The molecule has 0 aliphatic rings. The van der Waals surface area contributed by atoms with Crippen LogP contribution < -0.4 is 10.6 Å². The van der Waals surface area contributed by atoms with Gasteiger partial charge in [0.2, 0.25) is 0 Å². The number of nitrogens with zero attached hydrogens (tertiary/aromatic N) is 4. The molecule has 0 fully saturated rings. The van der Waals surface area contributed by atoms with E-state index < -0.39 is 0 Å². The summed E-state index contributed by atoms with van der Waals surface area (Å²) in [5.74, 6) is -0.570. The highest BCUT2D eigenvalue weighted by atomic mass is 32.1. The highest BCUT2D eigenvalue weighted by Crippen LogP contribution is 2.25. The van der Waals surface area contributed by atoms with Crippen LogP contribution in [0.4, 0.5) is 0 Å². The summed E-state index contributed by atoms with van der Waals surface area (Å²) >= 11 is 2.21. The van der Waals surface area contributed by atoms with Gasteiger partial charge in [-0.05, 0) is 35.6 Å². The third kappa shape index (κ3) is 4.03. The third-order valence-electron chi connectivity index (χ3n) is 3.29. The van der Waals surface area contributed by atoms with Gasteiger partial charge < -0.3 is 10.6 Å². The molecule has 10 heteroatoms. The van der Waals surface area contributed by atoms with Crippen LogP contribution in [0.15, 0.2) is 30.3 Å². The van der Waals surface area contributed by atoms with Gasteiger partial charge in [-0.15, -0.1) is 10.2 Å². The minimum absolute atomic E-state index is 0.248. The van der Waals surface area contributed by atoms with Crippen molar-refractivity contribution < 1.29 is 9.59 Å². The molecule has 2 N–H and O–H groups in total. The van der Waals surface area contributed by atoms with Gasteiger partial charge in [0.1, 0.15) is 4.88 Å². The van der Waals surface area contributed by atoms with Crippen LogP contribution >= 0.6 is 23.1 Å². The maximum Gasteiger partial charge on any atom is 0.273 e. The average molecular weight is 374 g/mol. The molecule has 0 aliphatic heterocycles. The van der Waals surface area contributed by atoms with Crippen LogP contribution in [-0.2, 0) is 0 Å². The minimum Gasteiger partial charge on any atom is -0.349 e. The second-order valence-corrected chi connectivity index (χ2v) is 6.52. The Hall–Kier alpha value is -2.72. The molecule has 3 rings (SSSR count). The minimum atomic E-state index is -0.322. The smallest absolute Gasteiger partial charge is 0.273 e. The highest BCUT2D eigenvalue weighted by molar-refractivity contribution is 7.09. The van der Waals surface area contributed by atoms with Crippen LogP contribution in [0.1, 0.15) is 25.9 Å². The van der Waals surface area contributed by atoms with Crippen molar-refractivity contribution in [1.29, 1.82) is 0 Å². The maximum atomic E-state index is 12.3. The Balaban J connectivity index is 1.53. The molecule has 0 spiro atoms. The molecule has 2 amide bonds. The summed E-state index contributed by atoms with van der Waals surface area (Å²) in [4.78, 5) is 25.4. The molecule has 3 aromatic rings. The van der Waals surface area contributed by atoms with Gasteiger partial charge in [0.25, 0.3) is 11.8 Å². The number of carbonyl (C=O) groups excluding carboxylic acids is 2. The number of rotatable bonds is 6. The Labute approximate surface area is 151 Å². The molecule has 0 radical (unpaired) electrons. The first-order chi connectivity index (χ1) is 12.2. The van der Waals surface area contributed by atoms with Crippen LogP contribution in [0, 0.1) is 6.92 Å². The summed E-state index contributed by atoms with van der Waals surface area (Å²) < 4.78 is 7.59. The molecule has 0 bridgehead atoms. The largest absolute Gasteiger partial charge is 0.349 e. The van der Waals surface area contributed by atoms with Crippen LogP contribution in [0.25, 0.3) is 10.4 Å². The molecule has 0 saturated heterocycles. The van der Waals surface area contributed by atoms with Crippen LogP contribution in [0.2, 0.25) is 0 Å². The van der Waals surface area contributed by atoms with Crippen molar-refractivity contribution in [1.82, 2.24) is 29.8 Å². The molecule has 128 valence electrons. The van der Waals surface area contributed by atoms with E-state index in [0.29, 0.717) is 22.0 Å². The van der Waals surface area contributed by atoms with Gasteiger partial charge in [-0.2, -0.15) is 0 Å². The van der Waals surface area contributed by atoms with Crippen molar-refractivity contribution in [3.8, 4) is 10.4 Å². The molecule has 2 aromatic heterocycles. The van der Waals surface area contributed by atoms with Gasteiger partial charge in [0, 0.05) is 13.1 Å². The lowest BCUT2D eigenvalue weighted by Crippen LogP contribution is -2.35. The average Bonchev–Trinajstić information content (AvgIpc) is 3.28. The highest BCUT2D eigenvalue weighted by Gasteiger charge is 2.17. The van der Waals surface area contributed by atoms with Gasteiger partial charge in [0.15, 0.2) is 5.69 Å². The zero-order valence-corrected chi connectivity index (χ0v) is 14.9. The van der Waals surface area contributed by atoms with Gasteiger partial charge in [-0.3, -0.25) is 9.59 Å². The summed E-state index contributed by atoms with van der Waals surface area (Å²) in [6.45, 7) is 2.29. The van der Waals surface area contributed by atoms with E-state index in [4.69, 9.17) is 0 Å². The van der Waals surface area contributed by atoms with Crippen molar-refractivity contribution in [3.63, 3.8) is 0 Å². The quantitative estimate of drug-likeness (QED) is 0.633. The predicted octanol–water partition coefficient (Wildman–Crippen LogP) is 1.52. The van der Waals surface area contributed by atoms with Gasteiger partial charge >= 0.3 is 0 Å². The van der Waals surface area contributed by atoms with E-state index in [1.165, 1.54) is 11.5 Å². The van der Waals surface area contributed by atoms with Crippen molar-refractivity contribution in [2.24, 2.45) is 0 Å². The fourth-order valence-corrected chi connectivity index (χ4v) is 3.31. The summed E-state index contributed by atoms with van der Waals surface area (Å²) in [7, 11) is 0. The summed E-state index contributed by atoms with van der Waals surface area (Å²) in [6.07, 6.45) is 0. The van der Waals surface area contributed by atoms with Crippen LogP contribution in [-0.4, -0.2) is 44.1 Å². The second-order valence-electron chi connectivity index (χ2n) is 5.02. The first-order valence-corrected chi connectivity index (χ1v) is 8.94. The number of amides is 2. The van der Waals surface area contributed by atoms with E-state index in [1.54, 1.807) is 6.92 Å². The molecule has 0 aliphatic carbocycles. The Morgan fingerprint density at radius 1 is 0.960 bits per heavy atom. The predicted molar refractivity (Wildman–Crippen MR) is 94.7 cm³/mol. The Morgan fingerprint density at radius 3 is 2.32 bits per heavy atom. The second kappa shape index (κ2) is 7.90. The zero-order chi connectivity index (χ0) is 17.6. The molecule has 1 aromatic carbocycles. The number of hydrogen-bond acceptors (Lipinski definition) is 8. The molecule has 25 heavy (non-hydrogen) atoms. The Morgan fingerprint density at radius 2 is 1.64 bits per heavy atom. The van der Waals surface area contributed by atoms with Crippen molar-refractivity contribution in [2.45, 2.75) is 6.92 Å². The molecular weight excluding hydrogens is 360 g/mol. The molecule has 0 unspecified atom stereocenters. The number of aromatic nitrogens is 4. The van der Waals surface area contributed by atoms with Gasteiger partial charge in [0.05, 0.1) is 10.6 Å². The molecule has 0 saturated carbocycles. The number of aryl methyl sites for hydroxylation is 1. The van der Waals surface area contributed by atoms with Gasteiger partial charge in [-0.1, -0.05) is 39.3 Å². The third-order valence-corrected chi connectivity index (χ3v) is 4.89. The van der Waals surface area contributed by atoms with E-state index >= 15 is 0 Å². The SMILES string of the molecule is Cc1nnsc1C(=O)NCCNC(=O)c1nnsc1-c1ccccc1. The monoisotopic (exact) mass is 374 g/mol. The zero-order valence-electron chi connectivity index (χ0n) is 13.2. The van der Waals surface area contributed by atoms with E-state index in [1.807, 2.05) is 30.3 Å². The van der Waals surface area contributed by atoms with Crippen LogP contribution in [0.3, 0.4) is 0 Å². The van der Waals surface area contributed by atoms with Crippen molar-refractivity contribution in [2.75, 3.05) is 13.1 Å². The van der Waals surface area contributed by atoms with Crippen molar-refractivity contribution in [3.05, 3.63) is 46.6 Å². The van der Waals surface area contributed by atoms with Crippen LogP contribution in [0.5, 0.6) is 0 Å². The molecule has 8 nitrogen and oxygen atoms in total. The lowest BCUT2D eigenvalue weighted by atomic mass is 10.1. The topological polar surface area (TPSA) is 110 Å². The lowest BCUT2D eigenvalue weighted by Gasteiger charge is -2.06. The number of benzene rings is 1. The molecule has 0 atom stereocenters. The van der Waals surface area contributed by atoms with Gasteiger partial charge in [-0.25, -0.2) is 0 Å². The summed E-state index contributed by atoms with van der Waals surface area (Å²) in [5, 5.41) is 13.2. The van der Waals surface area contributed by atoms with Crippen molar-refractivity contribution >= 4 is 34.9 Å². The first kappa shape index (κ1) is 17.1. The molecule has 2 heterocycles. The Kier molecular flexibility index (Phi) is 5.41. The maximum absolute atomic E-state index is 12.3. The normalized spacial score (nSPS) is 10.4. The van der Waals surface area contributed by atoms with E-state index in [-0.39, 0.29) is 24.1 Å². The van der Waals surface area contributed by atoms with E-state index in [2.05, 4.69) is 29.8 Å². The number of nitrogens with one attached hydrogen (secondary N) is 2. The summed E-state index contributed by atoms with van der Waals surface area (Å²) in [6, 6.07) is 9.49. The Bertz CT molecular complexity index is 877. The fraction of sp³-hybridized carbons (Fsp3) is 0.200.